The topological polar surface area (TPSA) is 46.9 Å². The van der Waals surface area contributed by atoms with Crippen molar-refractivity contribution in [1.29, 1.82) is 0 Å². The molecule has 6 heteroatoms. The molecule has 0 unspecified atom stereocenters. The van der Waals surface area contributed by atoms with Gasteiger partial charge in [-0.1, -0.05) is 30.3 Å². The van der Waals surface area contributed by atoms with Gasteiger partial charge in [0.05, 0.1) is 17.1 Å². The molecule has 4 aromatic rings. The summed E-state index contributed by atoms with van der Waals surface area (Å²) in [6, 6.07) is 14.2. The Morgan fingerprint density at radius 3 is 2.46 bits per heavy atom. The lowest BCUT2D eigenvalue weighted by molar-refractivity contribution is 0.103. The maximum Gasteiger partial charge on any atom is 0.265 e. The number of anilines is 1. The zero-order chi connectivity index (χ0) is 19.8. The van der Waals surface area contributed by atoms with E-state index in [2.05, 4.69) is 10.4 Å². The predicted molar refractivity (Wildman–Crippen MR) is 112 cm³/mol. The van der Waals surface area contributed by atoms with Gasteiger partial charge in [-0.2, -0.15) is 5.10 Å². The number of hydrogen-bond acceptors (Lipinski definition) is 3. The fraction of sp³-hybridized carbons (Fsp3) is 0.182. The molecule has 2 aromatic carbocycles. The number of nitrogens with zero attached hydrogens (tertiary/aromatic N) is 2. The van der Waals surface area contributed by atoms with Crippen molar-refractivity contribution in [3.8, 4) is 0 Å². The van der Waals surface area contributed by atoms with Crippen molar-refractivity contribution in [3.05, 3.63) is 81.6 Å². The van der Waals surface area contributed by atoms with Crippen LogP contribution in [0.5, 0.6) is 0 Å². The second-order valence-corrected chi connectivity index (χ2v) is 7.95. The molecule has 2 aromatic heterocycles. The number of hydrogen-bond donors (Lipinski definition) is 1. The van der Waals surface area contributed by atoms with E-state index in [4.69, 9.17) is 0 Å². The molecule has 0 fully saturated rings. The second-order valence-electron chi connectivity index (χ2n) is 6.92. The van der Waals surface area contributed by atoms with Gasteiger partial charge in [0, 0.05) is 11.1 Å². The van der Waals surface area contributed by atoms with Crippen LogP contribution in [0.3, 0.4) is 0 Å². The van der Waals surface area contributed by atoms with E-state index in [0.29, 0.717) is 11.4 Å². The molecule has 0 bridgehead atoms. The summed E-state index contributed by atoms with van der Waals surface area (Å²) in [6.07, 6.45) is 0. The maximum atomic E-state index is 13.1. The lowest BCUT2D eigenvalue weighted by Gasteiger charge is -2.10. The number of amides is 1. The highest BCUT2D eigenvalue weighted by molar-refractivity contribution is 7.20. The van der Waals surface area contributed by atoms with Gasteiger partial charge in [0.2, 0.25) is 0 Å². The molecule has 2 heterocycles. The van der Waals surface area contributed by atoms with Crippen molar-refractivity contribution in [2.75, 3.05) is 5.32 Å². The summed E-state index contributed by atoms with van der Waals surface area (Å²) in [5.74, 6) is -0.376. The van der Waals surface area contributed by atoms with Crippen LogP contribution in [0.25, 0.3) is 10.2 Å². The van der Waals surface area contributed by atoms with Crippen molar-refractivity contribution < 1.29 is 9.18 Å². The standard InChI is InChI=1S/C22H20FN3OS/c1-13-5-4-6-14(2)20(13)24-21(27)19-11-18-15(3)25-26(22(18)28-19)12-16-7-9-17(23)10-8-16/h4-11H,12H2,1-3H3,(H,24,27). The third-order valence-electron chi connectivity index (χ3n) is 4.80. The van der Waals surface area contributed by atoms with E-state index in [1.165, 1.54) is 23.5 Å². The first kappa shape index (κ1) is 18.4. The first-order valence-corrected chi connectivity index (χ1v) is 9.83. The summed E-state index contributed by atoms with van der Waals surface area (Å²) < 4.78 is 15.0. The first-order chi connectivity index (χ1) is 13.4. The molecule has 28 heavy (non-hydrogen) atoms. The third-order valence-corrected chi connectivity index (χ3v) is 5.94. The van der Waals surface area contributed by atoms with Gasteiger partial charge in [-0.15, -0.1) is 11.3 Å². The van der Waals surface area contributed by atoms with Crippen LogP contribution in [0.4, 0.5) is 10.1 Å². The number of halogens is 1. The third kappa shape index (κ3) is 3.43. The lowest BCUT2D eigenvalue weighted by Crippen LogP contribution is -2.12. The van der Waals surface area contributed by atoms with Gasteiger partial charge < -0.3 is 5.32 Å². The van der Waals surface area contributed by atoms with Crippen molar-refractivity contribution >= 4 is 33.1 Å². The van der Waals surface area contributed by atoms with Gasteiger partial charge in [0.1, 0.15) is 10.6 Å². The van der Waals surface area contributed by atoms with Crippen LogP contribution in [-0.4, -0.2) is 15.7 Å². The maximum absolute atomic E-state index is 13.1. The van der Waals surface area contributed by atoms with Gasteiger partial charge in [-0.25, -0.2) is 4.39 Å². The molecule has 1 N–H and O–H groups in total. The normalized spacial score (nSPS) is 11.1. The summed E-state index contributed by atoms with van der Waals surface area (Å²) >= 11 is 1.42. The molecule has 0 radical (unpaired) electrons. The molecule has 142 valence electrons. The highest BCUT2D eigenvalue weighted by atomic mass is 32.1. The van der Waals surface area contributed by atoms with Crippen molar-refractivity contribution in [2.45, 2.75) is 27.3 Å². The smallest absolute Gasteiger partial charge is 0.265 e. The van der Waals surface area contributed by atoms with E-state index in [0.717, 1.165) is 38.3 Å². The number of carbonyl (C=O) groups excluding carboxylic acids is 1. The summed E-state index contributed by atoms with van der Waals surface area (Å²) in [5, 5.41) is 8.59. The van der Waals surface area contributed by atoms with E-state index in [1.807, 2.05) is 49.7 Å². The van der Waals surface area contributed by atoms with E-state index < -0.39 is 0 Å². The average molecular weight is 393 g/mol. The quantitative estimate of drug-likeness (QED) is 0.500. The molecule has 0 saturated carbocycles. The number of fused-ring (bicyclic) bond motifs is 1. The minimum atomic E-state index is -0.257. The summed E-state index contributed by atoms with van der Waals surface area (Å²) in [7, 11) is 0. The Labute approximate surface area is 166 Å². The summed E-state index contributed by atoms with van der Waals surface area (Å²) in [5.41, 5.74) is 4.76. The van der Waals surface area contributed by atoms with Gasteiger partial charge in [-0.3, -0.25) is 9.48 Å². The number of thiophene rings is 1. The Morgan fingerprint density at radius 1 is 1.11 bits per heavy atom. The first-order valence-electron chi connectivity index (χ1n) is 9.01. The van der Waals surface area contributed by atoms with Crippen molar-refractivity contribution in [2.24, 2.45) is 0 Å². The molecular weight excluding hydrogens is 373 g/mol. The molecule has 0 aliphatic rings. The Morgan fingerprint density at radius 2 is 1.79 bits per heavy atom. The molecule has 0 spiro atoms. The van der Waals surface area contributed by atoms with Crippen LogP contribution >= 0.6 is 11.3 Å². The van der Waals surface area contributed by atoms with Gasteiger partial charge in [0.15, 0.2) is 0 Å². The van der Waals surface area contributed by atoms with E-state index in [1.54, 1.807) is 12.1 Å². The Balaban J connectivity index is 1.64. The molecule has 0 aliphatic heterocycles. The van der Waals surface area contributed by atoms with E-state index >= 15 is 0 Å². The number of para-hydroxylation sites is 1. The number of carbonyl (C=O) groups is 1. The van der Waals surface area contributed by atoms with Crippen LogP contribution in [0, 0.1) is 26.6 Å². The minimum Gasteiger partial charge on any atom is -0.321 e. The number of aromatic nitrogens is 2. The average Bonchev–Trinajstić information content (AvgIpc) is 3.22. The molecule has 0 saturated heterocycles. The zero-order valence-electron chi connectivity index (χ0n) is 15.9. The number of aryl methyl sites for hydroxylation is 3. The van der Waals surface area contributed by atoms with Crippen LogP contribution < -0.4 is 5.32 Å². The molecule has 0 aliphatic carbocycles. The zero-order valence-corrected chi connectivity index (χ0v) is 16.7. The van der Waals surface area contributed by atoms with Crippen LogP contribution in [0.2, 0.25) is 0 Å². The molecular formula is C22H20FN3OS. The number of benzene rings is 2. The van der Waals surface area contributed by atoms with Gasteiger partial charge in [-0.05, 0) is 55.7 Å². The van der Waals surface area contributed by atoms with Gasteiger partial charge in [0.25, 0.3) is 5.91 Å². The van der Waals surface area contributed by atoms with E-state index in [9.17, 15) is 9.18 Å². The van der Waals surface area contributed by atoms with Crippen molar-refractivity contribution in [1.82, 2.24) is 9.78 Å². The highest BCUT2D eigenvalue weighted by Gasteiger charge is 2.17. The summed E-state index contributed by atoms with van der Waals surface area (Å²) in [6.45, 7) is 6.43. The second kappa shape index (κ2) is 7.20. The monoisotopic (exact) mass is 393 g/mol. The lowest BCUT2D eigenvalue weighted by atomic mass is 10.1. The Kier molecular flexibility index (Phi) is 4.73. The summed E-state index contributed by atoms with van der Waals surface area (Å²) in [4.78, 5) is 14.4. The highest BCUT2D eigenvalue weighted by Crippen LogP contribution is 2.30. The molecule has 4 rings (SSSR count). The van der Waals surface area contributed by atoms with Crippen LogP contribution in [0.15, 0.2) is 48.5 Å². The van der Waals surface area contributed by atoms with E-state index in [-0.39, 0.29) is 11.7 Å². The molecule has 4 nitrogen and oxygen atoms in total. The largest absolute Gasteiger partial charge is 0.321 e. The fourth-order valence-electron chi connectivity index (χ4n) is 3.28. The molecule has 1 amide bonds. The Bertz CT molecular complexity index is 1150. The van der Waals surface area contributed by atoms with Crippen LogP contribution in [0.1, 0.15) is 32.1 Å². The minimum absolute atomic E-state index is 0.119. The number of rotatable bonds is 4. The number of nitrogens with one attached hydrogen (secondary N) is 1. The predicted octanol–water partition coefficient (Wildman–Crippen LogP) is 5.46. The molecule has 0 atom stereocenters. The SMILES string of the molecule is Cc1cccc(C)c1NC(=O)c1cc2c(C)nn(Cc3ccc(F)cc3)c2s1. The van der Waals surface area contributed by atoms with Crippen LogP contribution in [-0.2, 0) is 6.54 Å². The van der Waals surface area contributed by atoms with Crippen molar-refractivity contribution in [3.63, 3.8) is 0 Å². The Hall–Kier alpha value is -2.99. The van der Waals surface area contributed by atoms with Gasteiger partial charge >= 0.3 is 0 Å². The fourth-order valence-corrected chi connectivity index (χ4v) is 4.34.